The van der Waals surface area contributed by atoms with Gasteiger partial charge in [-0.3, -0.25) is 0 Å². The Balaban J connectivity index is 2.68. The standard InChI is InChI=1S/C11H11ClN4O2/c1-5-3-7-8(4-6(5)11(17)18-2)14-9(12)10(15-7)16-13/h3-4H,13H2,1-2H3,(H,15,16). The lowest BCUT2D eigenvalue weighted by atomic mass is 10.1. The third-order valence-corrected chi connectivity index (χ3v) is 2.77. The van der Waals surface area contributed by atoms with Gasteiger partial charge in [-0.15, -0.1) is 0 Å². The molecule has 0 unspecified atom stereocenters. The summed E-state index contributed by atoms with van der Waals surface area (Å²) >= 11 is 5.88. The number of halogens is 1. The Labute approximate surface area is 108 Å². The second kappa shape index (κ2) is 4.75. The van der Waals surface area contributed by atoms with Crippen LogP contribution in [0.3, 0.4) is 0 Å². The maximum absolute atomic E-state index is 11.6. The molecule has 0 bridgehead atoms. The highest BCUT2D eigenvalue weighted by Gasteiger charge is 2.13. The van der Waals surface area contributed by atoms with Gasteiger partial charge in [0.25, 0.3) is 0 Å². The Morgan fingerprint density at radius 1 is 1.39 bits per heavy atom. The van der Waals surface area contributed by atoms with E-state index in [1.807, 2.05) is 0 Å². The average Bonchev–Trinajstić information content (AvgIpc) is 2.37. The van der Waals surface area contributed by atoms with Crippen LogP contribution in [0.4, 0.5) is 5.82 Å². The molecule has 0 aliphatic heterocycles. The number of ether oxygens (including phenoxy) is 1. The number of carbonyl (C=O) groups excluding carboxylic acids is 1. The van der Waals surface area contributed by atoms with Crippen LogP contribution < -0.4 is 11.3 Å². The van der Waals surface area contributed by atoms with Gasteiger partial charge in [0.2, 0.25) is 0 Å². The van der Waals surface area contributed by atoms with Crippen molar-refractivity contribution in [1.82, 2.24) is 9.97 Å². The SMILES string of the molecule is COC(=O)c1cc2nc(Cl)c(NN)nc2cc1C. The van der Waals surface area contributed by atoms with Crippen LogP contribution in [0.2, 0.25) is 5.15 Å². The first-order valence-corrected chi connectivity index (χ1v) is 5.47. The maximum Gasteiger partial charge on any atom is 0.338 e. The minimum Gasteiger partial charge on any atom is -0.465 e. The lowest BCUT2D eigenvalue weighted by molar-refractivity contribution is 0.0600. The summed E-state index contributed by atoms with van der Waals surface area (Å²) in [5.74, 6) is 5.13. The predicted octanol–water partition coefficient (Wildman–Crippen LogP) is 1.66. The fourth-order valence-electron chi connectivity index (χ4n) is 1.61. The number of nitrogens with zero attached hydrogens (tertiary/aromatic N) is 2. The van der Waals surface area contributed by atoms with E-state index >= 15 is 0 Å². The lowest BCUT2D eigenvalue weighted by Crippen LogP contribution is -2.10. The smallest absolute Gasteiger partial charge is 0.338 e. The molecular weight excluding hydrogens is 256 g/mol. The highest BCUT2D eigenvalue weighted by molar-refractivity contribution is 6.32. The van der Waals surface area contributed by atoms with Crippen molar-refractivity contribution >= 4 is 34.4 Å². The van der Waals surface area contributed by atoms with Crippen LogP contribution in [0.15, 0.2) is 12.1 Å². The highest BCUT2D eigenvalue weighted by atomic mass is 35.5. The average molecular weight is 267 g/mol. The summed E-state index contributed by atoms with van der Waals surface area (Å²) in [6.45, 7) is 1.79. The number of rotatable bonds is 2. The number of carbonyl (C=O) groups is 1. The number of aromatic nitrogens is 2. The van der Waals surface area contributed by atoms with Crippen LogP contribution in [0.25, 0.3) is 11.0 Å². The van der Waals surface area contributed by atoms with Gasteiger partial charge in [0, 0.05) is 0 Å². The van der Waals surface area contributed by atoms with E-state index in [0.717, 1.165) is 5.56 Å². The maximum atomic E-state index is 11.6. The second-order valence-electron chi connectivity index (χ2n) is 3.65. The summed E-state index contributed by atoms with van der Waals surface area (Å²) < 4.78 is 4.69. The van der Waals surface area contributed by atoms with E-state index in [1.54, 1.807) is 19.1 Å². The zero-order valence-corrected chi connectivity index (χ0v) is 10.6. The van der Waals surface area contributed by atoms with E-state index in [-0.39, 0.29) is 11.0 Å². The topological polar surface area (TPSA) is 90.1 Å². The van der Waals surface area contributed by atoms with Gasteiger partial charge in [-0.1, -0.05) is 11.6 Å². The van der Waals surface area contributed by atoms with Crippen molar-refractivity contribution in [3.05, 3.63) is 28.4 Å². The van der Waals surface area contributed by atoms with E-state index in [9.17, 15) is 4.79 Å². The molecule has 2 aromatic rings. The zero-order valence-electron chi connectivity index (χ0n) is 9.82. The van der Waals surface area contributed by atoms with Gasteiger partial charge in [-0.2, -0.15) is 0 Å². The number of anilines is 1. The van der Waals surface area contributed by atoms with Crippen molar-refractivity contribution < 1.29 is 9.53 Å². The van der Waals surface area contributed by atoms with Gasteiger partial charge in [-0.05, 0) is 24.6 Å². The number of hydrogen-bond donors (Lipinski definition) is 2. The third kappa shape index (κ3) is 2.07. The Hall–Kier alpha value is -1.92. The normalized spacial score (nSPS) is 10.4. The van der Waals surface area contributed by atoms with Gasteiger partial charge in [-0.25, -0.2) is 20.6 Å². The summed E-state index contributed by atoms with van der Waals surface area (Å²) in [6, 6.07) is 3.32. The molecule has 7 heteroatoms. The Bertz CT molecular complexity index is 630. The molecule has 0 aliphatic rings. The quantitative estimate of drug-likeness (QED) is 0.488. The van der Waals surface area contributed by atoms with E-state index in [1.165, 1.54) is 7.11 Å². The minimum absolute atomic E-state index is 0.143. The van der Waals surface area contributed by atoms with Gasteiger partial charge in [0.15, 0.2) is 11.0 Å². The molecule has 1 heterocycles. The summed E-state index contributed by atoms with van der Waals surface area (Å²) in [7, 11) is 1.33. The van der Waals surface area contributed by atoms with Crippen molar-refractivity contribution in [2.75, 3.05) is 12.5 Å². The number of esters is 1. The minimum atomic E-state index is -0.423. The molecule has 2 rings (SSSR count). The molecule has 0 spiro atoms. The molecule has 0 saturated carbocycles. The van der Waals surface area contributed by atoms with Crippen molar-refractivity contribution in [1.29, 1.82) is 0 Å². The van der Waals surface area contributed by atoms with Crippen molar-refractivity contribution in [2.45, 2.75) is 6.92 Å². The van der Waals surface area contributed by atoms with E-state index in [2.05, 4.69) is 20.1 Å². The van der Waals surface area contributed by atoms with Crippen molar-refractivity contribution in [3.63, 3.8) is 0 Å². The molecule has 0 fully saturated rings. The van der Waals surface area contributed by atoms with Gasteiger partial charge < -0.3 is 10.2 Å². The molecule has 0 saturated heterocycles. The molecule has 0 radical (unpaired) electrons. The molecular formula is C11H11ClN4O2. The van der Waals surface area contributed by atoms with E-state index in [4.69, 9.17) is 17.4 Å². The Kier molecular flexibility index (Phi) is 3.31. The first kappa shape index (κ1) is 12.5. The lowest BCUT2D eigenvalue weighted by Gasteiger charge is -2.07. The second-order valence-corrected chi connectivity index (χ2v) is 4.01. The molecule has 1 aromatic heterocycles. The summed E-state index contributed by atoms with van der Waals surface area (Å²) in [5.41, 5.74) is 4.64. The molecule has 94 valence electrons. The zero-order chi connectivity index (χ0) is 13.3. The molecule has 3 N–H and O–H groups in total. The molecule has 1 aromatic carbocycles. The summed E-state index contributed by atoms with van der Waals surface area (Å²) in [6.07, 6.45) is 0. The molecule has 0 aliphatic carbocycles. The fraction of sp³-hybridized carbons (Fsp3) is 0.182. The number of hydrogen-bond acceptors (Lipinski definition) is 6. The predicted molar refractivity (Wildman–Crippen MR) is 68.4 cm³/mol. The fourth-order valence-corrected chi connectivity index (χ4v) is 1.80. The first-order valence-electron chi connectivity index (χ1n) is 5.09. The van der Waals surface area contributed by atoms with Crippen LogP contribution in [0, 0.1) is 6.92 Å². The highest BCUT2D eigenvalue weighted by Crippen LogP contribution is 2.23. The van der Waals surface area contributed by atoms with Gasteiger partial charge >= 0.3 is 5.97 Å². The van der Waals surface area contributed by atoms with E-state index in [0.29, 0.717) is 16.6 Å². The number of fused-ring (bicyclic) bond motifs is 1. The number of nitrogens with one attached hydrogen (secondary N) is 1. The third-order valence-electron chi connectivity index (χ3n) is 2.51. The van der Waals surface area contributed by atoms with Gasteiger partial charge in [0.05, 0.1) is 23.7 Å². The van der Waals surface area contributed by atoms with E-state index < -0.39 is 5.97 Å². The molecule has 6 nitrogen and oxygen atoms in total. The number of aryl methyl sites for hydroxylation is 1. The number of methoxy groups -OCH3 is 1. The van der Waals surface area contributed by atoms with Crippen LogP contribution in [-0.2, 0) is 4.74 Å². The van der Waals surface area contributed by atoms with Crippen LogP contribution in [0.5, 0.6) is 0 Å². The van der Waals surface area contributed by atoms with Crippen LogP contribution >= 0.6 is 11.6 Å². The Morgan fingerprint density at radius 3 is 2.67 bits per heavy atom. The van der Waals surface area contributed by atoms with Crippen molar-refractivity contribution in [2.24, 2.45) is 5.84 Å². The van der Waals surface area contributed by atoms with Crippen LogP contribution in [-0.4, -0.2) is 23.0 Å². The first-order chi connectivity index (χ1) is 8.56. The number of nitrogens with two attached hydrogens (primary N) is 1. The number of benzene rings is 1. The Morgan fingerprint density at radius 2 is 2.06 bits per heavy atom. The monoisotopic (exact) mass is 266 g/mol. The number of hydrazine groups is 1. The number of nitrogen functional groups attached to an aromatic ring is 1. The largest absolute Gasteiger partial charge is 0.465 e. The van der Waals surface area contributed by atoms with Gasteiger partial charge in [0.1, 0.15) is 0 Å². The molecule has 0 atom stereocenters. The van der Waals surface area contributed by atoms with Crippen molar-refractivity contribution in [3.8, 4) is 0 Å². The van der Waals surface area contributed by atoms with Crippen LogP contribution in [0.1, 0.15) is 15.9 Å². The molecule has 0 amide bonds. The summed E-state index contributed by atoms with van der Waals surface area (Å²) in [5, 5.41) is 0.143. The molecule has 18 heavy (non-hydrogen) atoms. The summed E-state index contributed by atoms with van der Waals surface area (Å²) in [4.78, 5) is 19.9.